The van der Waals surface area contributed by atoms with Crippen LogP contribution >= 0.6 is 0 Å². The molecule has 2 aliphatic heterocycles. The molecule has 0 atom stereocenters. The van der Waals surface area contributed by atoms with Crippen LogP contribution in [0.3, 0.4) is 0 Å². The van der Waals surface area contributed by atoms with Crippen molar-refractivity contribution in [2.45, 2.75) is 0 Å². The van der Waals surface area contributed by atoms with Gasteiger partial charge in [-0.3, -0.25) is 9.97 Å². The summed E-state index contributed by atoms with van der Waals surface area (Å²) in [6.07, 6.45) is 8.25. The maximum atomic E-state index is 5.10. The van der Waals surface area contributed by atoms with Crippen LogP contribution in [0, 0.1) is 0 Å². The van der Waals surface area contributed by atoms with Crippen molar-refractivity contribution in [1.29, 1.82) is 0 Å². The zero-order valence-corrected chi connectivity index (χ0v) is 44.7. The minimum Gasteiger partial charge on any atom is -0.310 e. The maximum Gasteiger partial charge on any atom is 0.252 e. The van der Waals surface area contributed by atoms with Gasteiger partial charge in [0.05, 0.1) is 28.1 Å². The maximum absolute atomic E-state index is 5.10. The van der Waals surface area contributed by atoms with Gasteiger partial charge in [-0.2, -0.15) is 0 Å². The van der Waals surface area contributed by atoms with E-state index in [1.165, 1.54) is 27.2 Å². The number of para-hydroxylation sites is 2. The third-order valence-corrected chi connectivity index (χ3v) is 16.7. The molecule has 0 radical (unpaired) electrons. The minimum absolute atomic E-state index is 0.230. The summed E-state index contributed by atoms with van der Waals surface area (Å²) in [5.74, 6) is 0. The van der Waals surface area contributed by atoms with E-state index in [0.717, 1.165) is 118 Å². The molecule has 5 heterocycles. The van der Waals surface area contributed by atoms with Crippen LogP contribution < -0.4 is 26.2 Å². The van der Waals surface area contributed by atoms with E-state index < -0.39 is 0 Å². The molecule has 16 rings (SSSR count). The highest BCUT2D eigenvalue weighted by Crippen LogP contribution is 2.53. The second-order valence-electron chi connectivity index (χ2n) is 21.3. The second-order valence-corrected chi connectivity index (χ2v) is 21.3. The molecule has 0 saturated carbocycles. The summed E-state index contributed by atoms with van der Waals surface area (Å²) in [4.78, 5) is 15.4. The fourth-order valence-electron chi connectivity index (χ4n) is 13.1. The molecule has 0 bridgehead atoms. The van der Waals surface area contributed by atoms with Gasteiger partial charge in [0.25, 0.3) is 6.71 Å². The van der Waals surface area contributed by atoms with Crippen molar-refractivity contribution in [3.8, 4) is 72.4 Å². The standard InChI is InChI=1S/C76H50BN5/c1-7-23-51(24-8-1)57-39-41-70-66(43-57)77-67-44-58(52-25-9-2-10-26-52)40-42-71(67)82(76-64(55-31-15-5-16-32-55)49-79-50-65(76)56-33-17-6-18-34-56)73-46-59(80-68-37-21-19-35-60(68)61-36-20-22-38-69(61)80)45-72(74(73)77)81(70)75-62(53-27-11-3-12-28-53)47-78-48-63(75)54-29-13-4-14-30-54/h1-50H. The first-order valence-corrected chi connectivity index (χ1v) is 28.1. The number of anilines is 6. The Hall–Kier alpha value is -10.8. The molecule has 6 heteroatoms. The predicted octanol–water partition coefficient (Wildman–Crippen LogP) is 17.7. The van der Waals surface area contributed by atoms with E-state index in [2.05, 4.69) is 318 Å². The fraction of sp³-hybridized carbons (Fsp3) is 0. The summed E-state index contributed by atoms with van der Waals surface area (Å²) < 4.78 is 2.49. The number of hydrogen-bond acceptors (Lipinski definition) is 4. The van der Waals surface area contributed by atoms with Crippen LogP contribution in [0.4, 0.5) is 34.1 Å². The van der Waals surface area contributed by atoms with Crippen molar-refractivity contribution in [1.82, 2.24) is 14.5 Å². The molecule has 382 valence electrons. The van der Waals surface area contributed by atoms with Crippen LogP contribution in [-0.4, -0.2) is 21.2 Å². The van der Waals surface area contributed by atoms with Gasteiger partial charge in [0.1, 0.15) is 0 Å². The van der Waals surface area contributed by atoms with Crippen molar-refractivity contribution in [3.63, 3.8) is 0 Å². The first kappa shape index (κ1) is 47.2. The molecule has 82 heavy (non-hydrogen) atoms. The molecule has 3 aromatic heterocycles. The van der Waals surface area contributed by atoms with Gasteiger partial charge in [-0.15, -0.1) is 0 Å². The molecule has 0 N–H and O–H groups in total. The molecule has 0 amide bonds. The summed E-state index contributed by atoms with van der Waals surface area (Å²) in [5.41, 5.74) is 26.5. The van der Waals surface area contributed by atoms with Gasteiger partial charge in [0, 0.05) is 80.6 Å². The predicted molar refractivity (Wildman–Crippen MR) is 343 cm³/mol. The van der Waals surface area contributed by atoms with Crippen molar-refractivity contribution in [2.24, 2.45) is 0 Å². The van der Waals surface area contributed by atoms with Gasteiger partial charge in [-0.1, -0.05) is 243 Å². The summed E-state index contributed by atoms with van der Waals surface area (Å²) in [7, 11) is 0. The normalized spacial score (nSPS) is 12.3. The van der Waals surface area contributed by atoms with Crippen molar-refractivity contribution >= 4 is 79.0 Å². The van der Waals surface area contributed by atoms with E-state index in [1.807, 2.05) is 0 Å². The van der Waals surface area contributed by atoms with Gasteiger partial charge >= 0.3 is 0 Å². The van der Waals surface area contributed by atoms with Crippen LogP contribution in [0.1, 0.15) is 0 Å². The molecule has 0 aliphatic carbocycles. The first-order chi connectivity index (χ1) is 40.7. The number of nitrogens with zero attached hydrogens (tertiary/aromatic N) is 5. The Morgan fingerprint density at radius 2 is 0.585 bits per heavy atom. The number of pyridine rings is 2. The Balaban J connectivity index is 1.12. The highest BCUT2D eigenvalue weighted by Gasteiger charge is 2.46. The van der Waals surface area contributed by atoms with E-state index in [9.17, 15) is 0 Å². The Labute approximate surface area is 477 Å². The summed E-state index contributed by atoms with van der Waals surface area (Å²) in [6.45, 7) is -0.230. The molecule has 5 nitrogen and oxygen atoms in total. The fourth-order valence-corrected chi connectivity index (χ4v) is 13.1. The Morgan fingerprint density at radius 3 is 0.939 bits per heavy atom. The zero-order chi connectivity index (χ0) is 54.1. The Kier molecular flexibility index (Phi) is 11.2. The molecule has 2 aliphatic rings. The summed E-state index contributed by atoms with van der Waals surface area (Å²) in [6, 6.07) is 102. The van der Waals surface area contributed by atoms with Gasteiger partial charge in [-0.05, 0) is 97.3 Å². The molecule has 0 saturated heterocycles. The second kappa shape index (κ2) is 19.5. The molecular weight excluding hydrogens is 994 g/mol. The first-order valence-electron chi connectivity index (χ1n) is 28.1. The SMILES string of the molecule is c1ccc(-c2ccc3c(c2)B2c4cc(-c5ccccc5)ccc4N(c4c(-c5ccccc5)cncc4-c4ccccc4)c4cc(-n5c6ccccc6c6ccccc65)cc(c42)N3c2c(-c3ccccc3)cncc2-c2ccccc2)cc1. The van der Waals surface area contributed by atoms with Crippen LogP contribution in [0.5, 0.6) is 0 Å². The van der Waals surface area contributed by atoms with Crippen LogP contribution in [0.2, 0.25) is 0 Å². The highest BCUT2D eigenvalue weighted by atomic mass is 15.2. The Morgan fingerprint density at radius 1 is 0.268 bits per heavy atom. The summed E-state index contributed by atoms with van der Waals surface area (Å²) in [5, 5.41) is 2.40. The third-order valence-electron chi connectivity index (χ3n) is 16.7. The molecule has 14 aromatic rings. The van der Waals surface area contributed by atoms with Crippen molar-refractivity contribution in [2.75, 3.05) is 9.80 Å². The lowest BCUT2D eigenvalue weighted by molar-refractivity contribution is 1.16. The van der Waals surface area contributed by atoms with Crippen LogP contribution in [0.25, 0.3) is 94.3 Å². The average molecular weight is 1040 g/mol. The van der Waals surface area contributed by atoms with E-state index in [1.54, 1.807) is 0 Å². The average Bonchev–Trinajstić information content (AvgIpc) is 2.15. The van der Waals surface area contributed by atoms with E-state index in [4.69, 9.17) is 9.97 Å². The lowest BCUT2D eigenvalue weighted by Gasteiger charge is -2.46. The van der Waals surface area contributed by atoms with Crippen LogP contribution in [0.15, 0.2) is 304 Å². The van der Waals surface area contributed by atoms with Crippen molar-refractivity contribution < 1.29 is 0 Å². The topological polar surface area (TPSA) is 37.2 Å². The third kappa shape index (κ3) is 7.64. The minimum atomic E-state index is -0.230. The molecule has 0 spiro atoms. The molecule has 0 unspecified atom stereocenters. The molecule has 0 fully saturated rings. The highest BCUT2D eigenvalue weighted by molar-refractivity contribution is 7.00. The van der Waals surface area contributed by atoms with E-state index >= 15 is 0 Å². The quantitative estimate of drug-likeness (QED) is 0.135. The monoisotopic (exact) mass is 1040 g/mol. The van der Waals surface area contributed by atoms with Gasteiger partial charge in [0.2, 0.25) is 0 Å². The van der Waals surface area contributed by atoms with Crippen molar-refractivity contribution in [3.05, 3.63) is 304 Å². The lowest BCUT2D eigenvalue weighted by atomic mass is 9.33. The smallest absolute Gasteiger partial charge is 0.252 e. The Bertz CT molecular complexity index is 4330. The largest absolute Gasteiger partial charge is 0.310 e. The van der Waals surface area contributed by atoms with E-state index in [0.29, 0.717) is 0 Å². The van der Waals surface area contributed by atoms with Gasteiger partial charge in [-0.25, -0.2) is 0 Å². The van der Waals surface area contributed by atoms with E-state index in [-0.39, 0.29) is 6.71 Å². The lowest BCUT2D eigenvalue weighted by Crippen LogP contribution is -2.61. The number of fused-ring (bicyclic) bond motifs is 7. The van der Waals surface area contributed by atoms with Gasteiger partial charge < -0.3 is 14.4 Å². The summed E-state index contributed by atoms with van der Waals surface area (Å²) >= 11 is 0. The van der Waals surface area contributed by atoms with Gasteiger partial charge in [0.15, 0.2) is 0 Å². The molecule has 11 aromatic carbocycles. The number of hydrogen-bond donors (Lipinski definition) is 0. The zero-order valence-electron chi connectivity index (χ0n) is 44.7. The number of aromatic nitrogens is 3. The number of rotatable bonds is 9. The molecular formula is C76H50BN5. The van der Waals surface area contributed by atoms with Crippen LogP contribution in [-0.2, 0) is 0 Å². The number of benzene rings is 11.